The van der Waals surface area contributed by atoms with Crippen LogP contribution in [-0.4, -0.2) is 102 Å². The van der Waals surface area contributed by atoms with Crippen LogP contribution in [0.25, 0.3) is 39.0 Å². The highest BCUT2D eigenvalue weighted by atomic mass is 15.1. The van der Waals surface area contributed by atoms with Gasteiger partial charge in [0.1, 0.15) is 0 Å². The number of allylic oxidation sites excluding steroid dienone is 3. The summed E-state index contributed by atoms with van der Waals surface area (Å²) in [4.78, 5) is 8.50. The van der Waals surface area contributed by atoms with E-state index < -0.39 is 0 Å². The van der Waals surface area contributed by atoms with Crippen molar-refractivity contribution in [2.45, 2.75) is 217 Å². The lowest BCUT2D eigenvalue weighted by atomic mass is 9.68. The van der Waals surface area contributed by atoms with Gasteiger partial charge in [-0.2, -0.15) is 0 Å². The molecule has 0 fully saturated rings. The SMILES string of the molecule is CC.CC.CC.CC.CC.CC.CC.CC.CCC(C)C.CCC(C)C.CCN(C)C.CCN(C)C.CCN(C)C.CCN(C)C.c1ccc2c(c1)CC1=C2C2(c3ccccc31)c1ccccc1-c1ccccc12.c1ccc2c(c1)CC1=C2c2ccccc2C12c1ccccc1-c1ccccc12. The molecule has 0 radical (unpaired) electrons. The van der Waals surface area contributed by atoms with E-state index in [9.17, 15) is 0 Å². The lowest BCUT2D eigenvalue weighted by Crippen LogP contribution is -2.28. The Morgan fingerprint density at radius 3 is 0.755 bits per heavy atom. The molecule has 0 saturated heterocycles. The fraction of sp³-hybridized carbons (Fsp3) is 0.469. The summed E-state index contributed by atoms with van der Waals surface area (Å²) in [5, 5.41) is 0. The molecule has 6 aliphatic rings. The molecule has 0 N–H and O–H groups in total. The molecule has 0 atom stereocenters. The first-order chi connectivity index (χ1) is 49.4. The maximum Gasteiger partial charge on any atom is 0.0728 e. The second-order valence-electron chi connectivity index (χ2n) is 25.3. The molecule has 8 aromatic carbocycles. The van der Waals surface area contributed by atoms with Crippen LogP contribution >= 0.6 is 0 Å². The minimum atomic E-state index is -0.189. The molecule has 0 aliphatic heterocycles. The number of fused-ring (bicyclic) bond motifs is 22. The summed E-state index contributed by atoms with van der Waals surface area (Å²) in [5.74, 6) is 1.77. The van der Waals surface area contributed by atoms with Gasteiger partial charge in [0.15, 0.2) is 0 Å². The molecule has 8 aromatic rings. The van der Waals surface area contributed by atoms with Crippen molar-refractivity contribution < 1.29 is 0 Å². The molecule has 6 aliphatic carbocycles. The Bertz CT molecular complexity index is 3390. The molecular formula is C98H152N4. The third-order valence-electron chi connectivity index (χ3n) is 18.1. The van der Waals surface area contributed by atoms with Gasteiger partial charge in [-0.25, -0.2) is 0 Å². The van der Waals surface area contributed by atoms with Crippen LogP contribution < -0.4 is 0 Å². The lowest BCUT2D eigenvalue weighted by molar-refractivity contribution is 0.434. The second-order valence-corrected chi connectivity index (χ2v) is 25.3. The predicted molar refractivity (Wildman–Crippen MR) is 467 cm³/mol. The average molecular weight is 1390 g/mol. The quantitative estimate of drug-likeness (QED) is 0.164. The Morgan fingerprint density at radius 2 is 0.471 bits per heavy atom. The summed E-state index contributed by atoms with van der Waals surface area (Å²) in [6, 6.07) is 72.2. The van der Waals surface area contributed by atoms with Gasteiger partial charge in [-0.3, -0.25) is 0 Å². The summed E-state index contributed by atoms with van der Waals surface area (Å²) < 4.78 is 0. The van der Waals surface area contributed by atoms with E-state index in [-0.39, 0.29) is 10.8 Å². The van der Waals surface area contributed by atoms with E-state index in [1.165, 1.54) is 119 Å². The van der Waals surface area contributed by atoms with Crippen LogP contribution in [0.2, 0.25) is 0 Å². The van der Waals surface area contributed by atoms with Crippen molar-refractivity contribution in [3.63, 3.8) is 0 Å². The fourth-order valence-electron chi connectivity index (χ4n) is 12.0. The highest BCUT2D eigenvalue weighted by Gasteiger charge is 2.56. The minimum absolute atomic E-state index is 0.155. The Morgan fingerprint density at radius 1 is 0.265 bits per heavy atom. The number of benzene rings is 8. The second kappa shape index (κ2) is 53.8. The Hall–Kier alpha value is -6.92. The maximum atomic E-state index is 2.36. The van der Waals surface area contributed by atoms with Crippen LogP contribution in [0.1, 0.15) is 260 Å². The molecule has 564 valence electrons. The van der Waals surface area contributed by atoms with Gasteiger partial charge in [-0.05, 0) is 219 Å². The zero-order chi connectivity index (χ0) is 78.3. The number of nitrogens with zero attached hydrogens (tertiary/aromatic N) is 4. The highest BCUT2D eigenvalue weighted by Crippen LogP contribution is 2.67. The predicted octanol–water partition coefficient (Wildman–Crippen LogP) is 27.4. The van der Waals surface area contributed by atoms with E-state index in [0.717, 1.165) is 50.9 Å². The van der Waals surface area contributed by atoms with Gasteiger partial charge in [-0.15, -0.1) is 0 Å². The smallest absolute Gasteiger partial charge is 0.0728 e. The molecule has 4 nitrogen and oxygen atoms in total. The summed E-state index contributed by atoms with van der Waals surface area (Å²) in [7, 11) is 16.4. The van der Waals surface area contributed by atoms with Crippen molar-refractivity contribution in [3.05, 3.63) is 266 Å². The van der Waals surface area contributed by atoms with E-state index in [2.05, 4.69) is 339 Å². The van der Waals surface area contributed by atoms with E-state index in [0.29, 0.717) is 0 Å². The molecule has 0 saturated carbocycles. The molecule has 0 unspecified atom stereocenters. The van der Waals surface area contributed by atoms with Gasteiger partial charge in [0.2, 0.25) is 0 Å². The van der Waals surface area contributed by atoms with Gasteiger partial charge in [0, 0.05) is 0 Å². The molecule has 0 aromatic heterocycles. The Labute approximate surface area is 632 Å². The van der Waals surface area contributed by atoms with Gasteiger partial charge in [0.25, 0.3) is 0 Å². The first-order valence-corrected chi connectivity index (χ1v) is 40.2. The molecule has 2 spiro atoms. The maximum absolute atomic E-state index is 2.36. The van der Waals surface area contributed by atoms with Gasteiger partial charge in [-0.1, -0.05) is 387 Å². The molecule has 0 amide bonds. The summed E-state index contributed by atoms with van der Waals surface area (Å²) in [5.41, 5.74) is 28.5. The third kappa shape index (κ3) is 24.1. The first kappa shape index (κ1) is 97.1. The standard InChI is InChI=1S/2C28H18.2C5H12.4C4H11N.8C2H6/c1-2-10-19-18(9-1)17-23-22-13-5-8-16-26(22)28(27(19)23)24-14-6-3-11-20(24)21-12-4-7-15-25(21)28;1-2-10-19-18(9-1)17-26-27(19)22-13-5-8-16-25(22)28(26)23-14-6-3-11-20(23)21-12-4-7-15-24(21)28;6*1-4-5(2)3;8*1-2/h2*1-16H,17H2;2*5H,4H2,1-3H3;4*4H2,1-3H3;8*1-2H3. The van der Waals surface area contributed by atoms with Crippen molar-refractivity contribution in [1.82, 2.24) is 19.6 Å². The molecule has 14 rings (SSSR count). The average Bonchev–Trinajstić information content (AvgIpc) is 1.51. The van der Waals surface area contributed by atoms with Crippen LogP contribution in [0.15, 0.2) is 200 Å². The molecule has 0 bridgehead atoms. The van der Waals surface area contributed by atoms with Crippen LogP contribution in [-0.2, 0) is 23.7 Å². The number of rotatable bonds is 6. The zero-order valence-corrected chi connectivity index (χ0v) is 72.1. The summed E-state index contributed by atoms with van der Waals surface area (Å²) in [6.07, 6.45) is 4.68. The van der Waals surface area contributed by atoms with Crippen molar-refractivity contribution in [2.24, 2.45) is 11.8 Å². The molecule has 4 heteroatoms. The van der Waals surface area contributed by atoms with Crippen LogP contribution in [0.5, 0.6) is 0 Å². The molecule has 0 heterocycles. The first-order valence-electron chi connectivity index (χ1n) is 40.2. The topological polar surface area (TPSA) is 13.0 Å². The van der Waals surface area contributed by atoms with Crippen LogP contribution in [0.3, 0.4) is 0 Å². The van der Waals surface area contributed by atoms with Gasteiger partial charge in [0.05, 0.1) is 10.8 Å². The largest absolute Gasteiger partial charge is 0.310 e. The van der Waals surface area contributed by atoms with Crippen LogP contribution in [0.4, 0.5) is 0 Å². The minimum Gasteiger partial charge on any atom is -0.310 e. The third-order valence-corrected chi connectivity index (χ3v) is 18.1. The summed E-state index contributed by atoms with van der Waals surface area (Å²) >= 11 is 0. The van der Waals surface area contributed by atoms with Crippen molar-refractivity contribution in [3.8, 4) is 22.3 Å². The van der Waals surface area contributed by atoms with Crippen molar-refractivity contribution >= 4 is 16.7 Å². The summed E-state index contributed by atoms with van der Waals surface area (Å²) in [6.45, 7) is 58.3. The Kier molecular flexibility index (Phi) is 51.2. The zero-order valence-electron chi connectivity index (χ0n) is 72.1. The molecular weight excluding hydrogens is 1230 g/mol. The van der Waals surface area contributed by atoms with E-state index in [4.69, 9.17) is 0 Å². The van der Waals surface area contributed by atoms with Crippen molar-refractivity contribution in [1.29, 1.82) is 0 Å². The Balaban J connectivity index is 0. The normalized spacial score (nSPS) is 12.4. The van der Waals surface area contributed by atoms with E-state index in [1.807, 2.05) is 111 Å². The number of hydrogen-bond acceptors (Lipinski definition) is 4. The van der Waals surface area contributed by atoms with Crippen LogP contribution in [0, 0.1) is 11.8 Å². The number of hydrogen-bond donors (Lipinski definition) is 0. The molecule has 102 heavy (non-hydrogen) atoms. The van der Waals surface area contributed by atoms with E-state index >= 15 is 0 Å². The van der Waals surface area contributed by atoms with E-state index in [1.54, 1.807) is 5.57 Å². The van der Waals surface area contributed by atoms with Gasteiger partial charge >= 0.3 is 0 Å². The fourth-order valence-corrected chi connectivity index (χ4v) is 12.0. The monoisotopic (exact) mass is 1390 g/mol. The lowest BCUT2D eigenvalue weighted by Gasteiger charge is -2.33. The van der Waals surface area contributed by atoms with Gasteiger partial charge < -0.3 is 19.6 Å². The highest BCUT2D eigenvalue weighted by molar-refractivity contribution is 6.13. The van der Waals surface area contributed by atoms with Crippen molar-refractivity contribution in [2.75, 3.05) is 82.6 Å².